The van der Waals surface area contributed by atoms with E-state index in [9.17, 15) is 0 Å². The minimum Gasteiger partial charge on any atom is 2.00 e. The summed E-state index contributed by atoms with van der Waals surface area (Å²) in [6.07, 6.45) is 0. The Bertz CT molecular complexity index is 639. The van der Waals surface area contributed by atoms with Crippen molar-refractivity contribution < 1.29 is 167 Å². The van der Waals surface area contributed by atoms with Crippen LogP contribution in [0.25, 0.3) is 0 Å². The van der Waals surface area contributed by atoms with E-state index in [-0.39, 0.29) is 179 Å². The van der Waals surface area contributed by atoms with E-state index in [0.29, 0.717) is 0 Å². The smallest absolute Gasteiger partial charge is 2.00 e. The minimum absolute atomic E-state index is 0. The summed E-state index contributed by atoms with van der Waals surface area (Å²) in [6, 6.07) is 0. The largest absolute Gasteiger partial charge is 2.00 e. The molecule has 30 heteroatoms. The van der Waals surface area contributed by atoms with Gasteiger partial charge in [0.05, 0.1) is 0 Å². The first-order valence-corrected chi connectivity index (χ1v) is 13.7. The summed E-state index contributed by atoms with van der Waals surface area (Å²) in [7, 11) is 0. The van der Waals surface area contributed by atoms with E-state index in [1.807, 2.05) is 0 Å². The molecule has 2 radical (unpaired) electrons. The van der Waals surface area contributed by atoms with Gasteiger partial charge in [0.2, 0.25) is 0 Å². The van der Waals surface area contributed by atoms with Crippen molar-refractivity contribution in [2.45, 2.75) is 0 Å². The monoisotopic (exact) mass is 1120 g/mol. The number of hydrogen-bond acceptors (Lipinski definition) is 20. The van der Waals surface area contributed by atoms with Crippen LogP contribution < -0.4 is 41.6 Å². The van der Waals surface area contributed by atoms with Crippen LogP contribution in [-0.2, 0) is 126 Å². The molecule has 0 saturated carbocycles. The van der Waals surface area contributed by atoms with E-state index in [4.69, 9.17) is 79.6 Å². The maximum Gasteiger partial charge on any atom is 2.00 e. The molecule has 0 aromatic rings. The Kier molecular flexibility index (Phi) is 68.2. The predicted molar refractivity (Wildman–Crippen MR) is 29.9 cm³/mol. The molecule has 0 heterocycles. The molecule has 20 nitrogen and oxygen atoms in total. The molecular formula is BaCaCr5O20PbSrZn. The van der Waals surface area contributed by atoms with Gasteiger partial charge in [0.1, 0.15) is 0 Å². The molecule has 0 aliphatic rings. The van der Waals surface area contributed by atoms with Crippen LogP contribution in [0.4, 0.5) is 0 Å². The summed E-state index contributed by atoms with van der Waals surface area (Å²) >= 11 is -28.8. The zero-order chi connectivity index (χ0) is 22.5. The molecule has 0 fully saturated rings. The SMILES string of the molecule is [Ba+2].[Ca+2].[O]=[Cr](=[O])([O-])[O-].[O]=[Cr](=[O])([O-])[O-].[O]=[Cr](=[O])([O-])[O-].[O]=[Cr](=[O])([O-])[O-].[O]=[Cr](=[O])([O-])[O-].[Pb+2].[Sr+2].[Zn+2]. The standard InChI is InChI=1S/Ba.Ca.5Cr.20O.Pb.Sr.Zn/q2*+2;;;;;;;;;;;;;;;;10*-1;3*+2. The van der Waals surface area contributed by atoms with Crippen LogP contribution in [0.5, 0.6) is 0 Å². The Hall–Kier alpha value is 6.12. The Morgan fingerprint density at radius 1 is 0.367 bits per heavy atom. The van der Waals surface area contributed by atoms with Crippen molar-refractivity contribution in [2.75, 3.05) is 0 Å². The molecule has 0 aromatic carbocycles. The third-order valence-corrected chi connectivity index (χ3v) is 0. The van der Waals surface area contributed by atoms with E-state index in [1.165, 1.54) is 0 Å². The third-order valence-electron chi connectivity index (χ3n) is 0. The van der Waals surface area contributed by atoms with Crippen LogP contribution in [0.2, 0.25) is 0 Å². The number of rotatable bonds is 0. The van der Waals surface area contributed by atoms with Crippen molar-refractivity contribution in [3.8, 4) is 0 Å². The van der Waals surface area contributed by atoms with Gasteiger partial charge in [-0.15, -0.1) is 0 Å². The van der Waals surface area contributed by atoms with Crippen molar-refractivity contribution in [3.63, 3.8) is 0 Å². The van der Waals surface area contributed by atoms with E-state index in [0.717, 1.165) is 0 Å². The van der Waals surface area contributed by atoms with Crippen LogP contribution >= 0.6 is 0 Å². The van der Waals surface area contributed by atoms with Gasteiger partial charge in [0.15, 0.2) is 0 Å². The summed E-state index contributed by atoms with van der Waals surface area (Å²) in [4.78, 5) is 0. The van der Waals surface area contributed by atoms with Gasteiger partial charge < -0.3 is 0 Å². The Labute approximate surface area is 318 Å². The average Bonchev–Trinajstić information content (AvgIpc) is 1.79. The van der Waals surface area contributed by atoms with Crippen LogP contribution in [0.3, 0.4) is 0 Å². The van der Waals surface area contributed by atoms with Crippen molar-refractivity contribution in [3.05, 3.63) is 0 Å². The van der Waals surface area contributed by atoms with Gasteiger partial charge in [-0.1, -0.05) is 0 Å². The molecule has 0 rings (SSSR count). The summed E-state index contributed by atoms with van der Waals surface area (Å²) < 4.78 is 172. The first-order chi connectivity index (χ1) is 10.0. The van der Waals surface area contributed by atoms with Gasteiger partial charge in [-0.05, 0) is 0 Å². The summed E-state index contributed by atoms with van der Waals surface area (Å²) in [6.45, 7) is 0. The summed E-state index contributed by atoms with van der Waals surface area (Å²) in [5.41, 5.74) is 0. The van der Waals surface area contributed by atoms with Gasteiger partial charge in [0.25, 0.3) is 0 Å². The second-order valence-corrected chi connectivity index (χ2v) is 8.42. The Morgan fingerprint density at radius 2 is 0.367 bits per heavy atom. The summed E-state index contributed by atoms with van der Waals surface area (Å²) in [5, 5.41) is 0. The molecule has 0 aromatic heterocycles. The van der Waals surface area contributed by atoms with Gasteiger partial charge in [0, 0.05) is 0 Å². The molecule has 0 spiro atoms. The quantitative estimate of drug-likeness (QED) is 0.203. The van der Waals surface area contributed by atoms with Crippen LogP contribution in [-0.4, -0.2) is 159 Å². The summed E-state index contributed by atoms with van der Waals surface area (Å²) in [5.74, 6) is 0. The van der Waals surface area contributed by atoms with E-state index < -0.39 is 68.1 Å². The maximum absolute atomic E-state index is 8.59. The van der Waals surface area contributed by atoms with Gasteiger partial charge in [-0.25, -0.2) is 0 Å². The molecule has 0 unspecified atom stereocenters. The molecule has 0 aliphatic carbocycles. The molecule has 0 atom stereocenters. The van der Waals surface area contributed by atoms with Crippen LogP contribution in [0.1, 0.15) is 0 Å². The molecule has 0 N–H and O–H groups in total. The van der Waals surface area contributed by atoms with Gasteiger partial charge in [-0.2, -0.15) is 0 Å². The van der Waals surface area contributed by atoms with E-state index in [2.05, 4.69) is 0 Å². The Morgan fingerprint density at radius 3 is 0.367 bits per heavy atom. The zero-order valence-corrected chi connectivity index (χ0v) is 36.9. The molecule has 0 aliphatic heterocycles. The zero-order valence-electron chi connectivity index (χ0n) is 13.5. The topological polar surface area (TPSA) is 401 Å². The third kappa shape index (κ3) is 999. The van der Waals surface area contributed by atoms with Crippen LogP contribution in [0.15, 0.2) is 0 Å². The van der Waals surface area contributed by atoms with Gasteiger partial charge >= 0.3 is 327 Å². The van der Waals surface area contributed by atoms with E-state index in [1.54, 1.807) is 0 Å². The fourth-order valence-corrected chi connectivity index (χ4v) is 0. The van der Waals surface area contributed by atoms with E-state index >= 15 is 0 Å². The predicted octanol–water partition coefficient (Wildman–Crippen LogP) is -14.6. The van der Waals surface area contributed by atoms with Crippen LogP contribution in [0, 0.1) is 0 Å². The fraction of sp³-hybridized carbons (Fsp3) is 0. The van der Waals surface area contributed by atoms with Crippen molar-refractivity contribution in [1.29, 1.82) is 0 Å². The molecule has 0 bridgehead atoms. The average molecular weight is 1120 g/mol. The maximum atomic E-state index is 8.59. The van der Waals surface area contributed by atoms with Crippen molar-refractivity contribution in [2.24, 2.45) is 0 Å². The Balaban J connectivity index is -0.0000000200. The molecule has 30 heavy (non-hydrogen) atoms. The number of hydrogen-bond donors (Lipinski definition) is 0. The normalized spacial score (nSPS) is 9.67. The first kappa shape index (κ1) is 65.3. The second-order valence-electron chi connectivity index (χ2n) is 2.04. The molecule has 0 amide bonds. The molecule has 0 saturated heterocycles. The van der Waals surface area contributed by atoms with Crippen molar-refractivity contribution >= 4 is 159 Å². The minimum atomic E-state index is -5.75. The molecular weight excluding hydrogens is 1120 g/mol. The second kappa shape index (κ2) is 31.3. The van der Waals surface area contributed by atoms with Gasteiger partial charge in [-0.3, -0.25) is 0 Å². The van der Waals surface area contributed by atoms with Crippen molar-refractivity contribution in [1.82, 2.24) is 0 Å². The fourth-order valence-electron chi connectivity index (χ4n) is 0. The first-order valence-electron chi connectivity index (χ1n) is 3.33. The molecule has 162 valence electrons.